The zero-order valence-corrected chi connectivity index (χ0v) is 16.3. The van der Waals surface area contributed by atoms with Crippen LogP contribution < -0.4 is 16.0 Å². The normalized spacial score (nSPS) is 15.5. The lowest BCUT2D eigenvalue weighted by Gasteiger charge is -2.13. The zero-order valence-electron chi connectivity index (χ0n) is 16.3. The van der Waals surface area contributed by atoms with Gasteiger partial charge in [0, 0.05) is 12.8 Å². The highest BCUT2D eigenvalue weighted by Crippen LogP contribution is 2.19. The molecule has 3 aromatic rings. The Labute approximate surface area is 176 Å². The fourth-order valence-corrected chi connectivity index (χ4v) is 3.20. The Hall–Kier alpha value is -4.08. The van der Waals surface area contributed by atoms with Crippen molar-refractivity contribution in [1.82, 2.24) is 20.5 Å². The number of benzene rings is 2. The van der Waals surface area contributed by atoms with Crippen LogP contribution in [0.2, 0.25) is 0 Å². The van der Waals surface area contributed by atoms with Crippen molar-refractivity contribution in [2.75, 3.05) is 10.6 Å². The third kappa shape index (κ3) is 4.92. The molecule has 0 spiro atoms. The van der Waals surface area contributed by atoms with E-state index in [2.05, 4.69) is 31.1 Å². The van der Waals surface area contributed by atoms with Crippen LogP contribution in [0.3, 0.4) is 0 Å². The van der Waals surface area contributed by atoms with Gasteiger partial charge in [0.15, 0.2) is 0 Å². The van der Waals surface area contributed by atoms with Crippen LogP contribution in [0, 0.1) is 5.82 Å². The van der Waals surface area contributed by atoms with Crippen LogP contribution in [0.15, 0.2) is 48.5 Å². The van der Waals surface area contributed by atoms with Crippen molar-refractivity contribution in [3.63, 3.8) is 0 Å². The minimum atomic E-state index is -0.841. The minimum absolute atomic E-state index is 0.0173. The van der Waals surface area contributed by atoms with Crippen LogP contribution >= 0.6 is 0 Å². The largest absolute Gasteiger partial charge is 0.340 e. The highest BCUT2D eigenvalue weighted by Gasteiger charge is 2.28. The van der Waals surface area contributed by atoms with E-state index in [9.17, 15) is 18.8 Å². The molecule has 2 heterocycles. The van der Waals surface area contributed by atoms with E-state index in [1.807, 2.05) is 0 Å². The number of H-pyrrole nitrogens is 1. The van der Waals surface area contributed by atoms with Gasteiger partial charge in [-0.25, -0.2) is 4.39 Å². The highest BCUT2D eigenvalue weighted by molar-refractivity contribution is 6.09. The van der Waals surface area contributed by atoms with Crippen molar-refractivity contribution < 1.29 is 18.8 Å². The quantitative estimate of drug-likeness (QED) is 0.483. The monoisotopic (exact) mass is 422 g/mol. The van der Waals surface area contributed by atoms with Gasteiger partial charge in [0.25, 0.3) is 5.91 Å². The summed E-state index contributed by atoms with van der Waals surface area (Å²) in [4.78, 5) is 41.2. The molecule has 0 bridgehead atoms. The van der Waals surface area contributed by atoms with E-state index in [1.54, 1.807) is 36.4 Å². The van der Waals surface area contributed by atoms with E-state index in [-0.39, 0.29) is 36.4 Å². The van der Waals surface area contributed by atoms with Crippen molar-refractivity contribution in [3.05, 3.63) is 71.3 Å². The number of anilines is 2. The molecule has 4 rings (SSSR count). The Kier molecular flexibility index (Phi) is 5.69. The summed E-state index contributed by atoms with van der Waals surface area (Å²) in [6.07, 6.45) is 0.499. The molecular formula is C21H19FN6O3. The molecule has 158 valence electrons. The van der Waals surface area contributed by atoms with Gasteiger partial charge < -0.3 is 10.6 Å². The third-order valence-corrected chi connectivity index (χ3v) is 4.78. The van der Waals surface area contributed by atoms with Gasteiger partial charge in [0.1, 0.15) is 17.7 Å². The summed E-state index contributed by atoms with van der Waals surface area (Å²) >= 11 is 0. The van der Waals surface area contributed by atoms with E-state index in [4.69, 9.17) is 0 Å². The lowest BCUT2D eigenvalue weighted by molar-refractivity contribution is -0.118. The number of aromatic nitrogens is 3. The SMILES string of the molecule is O=C(CC[C@@H]1NC(=O)c2ccccc2NC1=O)Nc1n[nH]c(Cc2ccc(F)cc2)n1. The average molecular weight is 422 g/mol. The van der Waals surface area contributed by atoms with Crippen molar-refractivity contribution in [2.45, 2.75) is 25.3 Å². The molecule has 0 unspecified atom stereocenters. The van der Waals surface area contributed by atoms with Crippen molar-refractivity contribution in [1.29, 1.82) is 0 Å². The first-order chi connectivity index (χ1) is 15.0. The molecule has 31 heavy (non-hydrogen) atoms. The molecule has 1 aliphatic heterocycles. The molecule has 4 N–H and O–H groups in total. The summed E-state index contributed by atoms with van der Waals surface area (Å²) < 4.78 is 13.0. The molecule has 9 nitrogen and oxygen atoms in total. The molecule has 1 aliphatic rings. The number of carbonyl (C=O) groups excluding carboxylic acids is 3. The lowest BCUT2D eigenvalue weighted by Crippen LogP contribution is -2.41. The van der Waals surface area contributed by atoms with E-state index >= 15 is 0 Å². The average Bonchev–Trinajstić information content (AvgIpc) is 3.14. The molecule has 0 aliphatic carbocycles. The first-order valence-electron chi connectivity index (χ1n) is 9.64. The summed E-state index contributed by atoms with van der Waals surface area (Å²) in [6, 6.07) is 11.8. The van der Waals surface area contributed by atoms with Crippen LogP contribution in [-0.2, 0) is 16.0 Å². The number of carbonyl (C=O) groups is 3. The zero-order chi connectivity index (χ0) is 21.8. The number of hydrogen-bond donors (Lipinski definition) is 4. The Morgan fingerprint density at radius 1 is 1.10 bits per heavy atom. The number of aromatic amines is 1. The maximum atomic E-state index is 13.0. The number of nitrogens with zero attached hydrogens (tertiary/aromatic N) is 2. The number of fused-ring (bicyclic) bond motifs is 1. The number of rotatable bonds is 6. The molecule has 0 radical (unpaired) electrons. The van der Waals surface area contributed by atoms with Crippen LogP contribution in [0.5, 0.6) is 0 Å². The molecule has 0 fully saturated rings. The minimum Gasteiger partial charge on any atom is -0.340 e. The summed E-state index contributed by atoms with van der Waals surface area (Å²) in [6.45, 7) is 0. The topological polar surface area (TPSA) is 129 Å². The van der Waals surface area contributed by atoms with Gasteiger partial charge >= 0.3 is 0 Å². The molecule has 1 aromatic heterocycles. The molecule has 0 saturated carbocycles. The number of halogens is 1. The summed E-state index contributed by atoms with van der Waals surface area (Å²) in [5.41, 5.74) is 1.65. The predicted octanol–water partition coefficient (Wildman–Crippen LogP) is 2.00. The fourth-order valence-electron chi connectivity index (χ4n) is 3.20. The van der Waals surface area contributed by atoms with Gasteiger partial charge in [0.2, 0.25) is 17.8 Å². The van der Waals surface area contributed by atoms with Crippen molar-refractivity contribution in [2.24, 2.45) is 0 Å². The number of hydrogen-bond acceptors (Lipinski definition) is 5. The third-order valence-electron chi connectivity index (χ3n) is 4.78. The van der Waals surface area contributed by atoms with E-state index in [0.29, 0.717) is 23.5 Å². The molecule has 0 saturated heterocycles. The van der Waals surface area contributed by atoms with Crippen LogP contribution in [0.4, 0.5) is 16.0 Å². The number of nitrogens with one attached hydrogen (secondary N) is 4. The predicted molar refractivity (Wildman–Crippen MR) is 110 cm³/mol. The van der Waals surface area contributed by atoms with Crippen LogP contribution in [0.1, 0.15) is 34.6 Å². The standard InChI is InChI=1S/C21H19FN6O3/c22-13-7-5-12(6-8-13)11-17-25-21(28-27-17)26-18(29)10-9-16-20(31)23-15-4-2-1-3-14(15)19(30)24-16/h1-8,16H,9-11H2,(H,23,31)(H,24,30)(H2,25,26,27,28,29)/t16-/m0/s1. The second-order valence-corrected chi connectivity index (χ2v) is 7.06. The maximum Gasteiger partial charge on any atom is 0.254 e. The van der Waals surface area contributed by atoms with Gasteiger partial charge in [-0.15, -0.1) is 5.10 Å². The summed E-state index contributed by atoms with van der Waals surface area (Å²) in [7, 11) is 0. The molecule has 10 heteroatoms. The second kappa shape index (κ2) is 8.74. The molecular weight excluding hydrogens is 403 g/mol. The van der Waals surface area contributed by atoms with Gasteiger partial charge in [-0.1, -0.05) is 24.3 Å². The first-order valence-corrected chi connectivity index (χ1v) is 9.64. The highest BCUT2D eigenvalue weighted by atomic mass is 19.1. The van der Waals surface area contributed by atoms with Crippen LogP contribution in [-0.4, -0.2) is 38.9 Å². The van der Waals surface area contributed by atoms with Crippen LogP contribution in [0.25, 0.3) is 0 Å². The van der Waals surface area contributed by atoms with Gasteiger partial charge in [-0.05, 0) is 36.2 Å². The Bertz CT molecular complexity index is 1130. The van der Waals surface area contributed by atoms with E-state index in [0.717, 1.165) is 5.56 Å². The fraction of sp³-hybridized carbons (Fsp3) is 0.190. The molecule has 2 aromatic carbocycles. The Morgan fingerprint density at radius 3 is 2.68 bits per heavy atom. The van der Waals surface area contributed by atoms with E-state index < -0.39 is 11.9 Å². The summed E-state index contributed by atoms with van der Waals surface area (Å²) in [5.74, 6) is -0.865. The van der Waals surface area contributed by atoms with E-state index in [1.165, 1.54) is 12.1 Å². The number of para-hydroxylation sites is 1. The van der Waals surface area contributed by atoms with Gasteiger partial charge in [-0.3, -0.25) is 24.8 Å². The van der Waals surface area contributed by atoms with Gasteiger partial charge in [0.05, 0.1) is 11.3 Å². The first kappa shape index (κ1) is 20.2. The van der Waals surface area contributed by atoms with Gasteiger partial charge in [-0.2, -0.15) is 4.98 Å². The lowest BCUT2D eigenvalue weighted by atomic mass is 10.1. The Morgan fingerprint density at radius 2 is 1.87 bits per heavy atom. The van der Waals surface area contributed by atoms with Crippen molar-refractivity contribution >= 4 is 29.4 Å². The molecule has 1 atom stereocenters. The second-order valence-electron chi connectivity index (χ2n) is 7.06. The number of amides is 3. The Balaban J connectivity index is 1.30. The van der Waals surface area contributed by atoms with Crippen molar-refractivity contribution in [3.8, 4) is 0 Å². The molecule has 3 amide bonds. The maximum absolute atomic E-state index is 13.0. The smallest absolute Gasteiger partial charge is 0.254 e. The summed E-state index contributed by atoms with van der Waals surface area (Å²) in [5, 5.41) is 14.6.